The molecule has 2 atom stereocenters. The van der Waals surface area contributed by atoms with Gasteiger partial charge < -0.3 is 10.6 Å². The lowest BCUT2D eigenvalue weighted by molar-refractivity contribution is -0.122. The van der Waals surface area contributed by atoms with Gasteiger partial charge in [0, 0.05) is 11.7 Å². The normalized spacial score (nSPS) is 13.2. The highest BCUT2D eigenvalue weighted by molar-refractivity contribution is 5.84. The maximum absolute atomic E-state index is 12.3. The van der Waals surface area contributed by atoms with Crippen LogP contribution < -0.4 is 10.6 Å². The van der Waals surface area contributed by atoms with E-state index in [0.717, 1.165) is 18.5 Å². The molecule has 1 amide bonds. The van der Waals surface area contributed by atoms with E-state index >= 15 is 0 Å². The van der Waals surface area contributed by atoms with Crippen LogP contribution in [0.3, 0.4) is 0 Å². The number of benzene rings is 2. The fourth-order valence-corrected chi connectivity index (χ4v) is 2.43. The molecule has 0 bridgehead atoms. The van der Waals surface area contributed by atoms with Crippen LogP contribution in [0.4, 0.5) is 5.69 Å². The minimum Gasteiger partial charge on any atom is -0.374 e. The Kier molecular flexibility index (Phi) is 6.21. The number of amides is 1. The summed E-state index contributed by atoms with van der Waals surface area (Å²) in [4.78, 5) is 12.3. The van der Waals surface area contributed by atoms with E-state index in [1.165, 1.54) is 11.1 Å². The largest absolute Gasteiger partial charge is 0.374 e. The van der Waals surface area contributed by atoms with Crippen LogP contribution in [0.15, 0.2) is 54.6 Å². The molecular weight excluding hydrogens is 284 g/mol. The van der Waals surface area contributed by atoms with E-state index in [9.17, 15) is 4.79 Å². The van der Waals surface area contributed by atoms with Gasteiger partial charge in [0.15, 0.2) is 0 Å². The Balaban J connectivity index is 1.77. The predicted octanol–water partition coefficient (Wildman–Crippen LogP) is 3.93. The molecule has 2 aromatic carbocycles. The Hall–Kier alpha value is -2.29. The van der Waals surface area contributed by atoms with Crippen molar-refractivity contribution in [1.29, 1.82) is 0 Å². The molecule has 3 heteroatoms. The zero-order chi connectivity index (χ0) is 16.7. The molecule has 2 N–H and O–H groups in total. The van der Waals surface area contributed by atoms with E-state index in [1.54, 1.807) is 0 Å². The summed E-state index contributed by atoms with van der Waals surface area (Å²) in [7, 11) is 0. The van der Waals surface area contributed by atoms with Crippen LogP contribution in [-0.2, 0) is 11.2 Å². The van der Waals surface area contributed by atoms with Crippen LogP contribution in [0.5, 0.6) is 0 Å². The van der Waals surface area contributed by atoms with Crippen LogP contribution in [0.1, 0.15) is 31.4 Å². The third kappa shape index (κ3) is 5.78. The van der Waals surface area contributed by atoms with E-state index in [4.69, 9.17) is 0 Å². The fourth-order valence-electron chi connectivity index (χ4n) is 2.43. The minimum absolute atomic E-state index is 0.0335. The Morgan fingerprint density at radius 1 is 1.00 bits per heavy atom. The maximum Gasteiger partial charge on any atom is 0.242 e. The molecule has 122 valence electrons. The summed E-state index contributed by atoms with van der Waals surface area (Å²) in [6, 6.07) is 18.3. The van der Waals surface area contributed by atoms with Gasteiger partial charge in [0.2, 0.25) is 5.91 Å². The monoisotopic (exact) mass is 310 g/mol. The van der Waals surface area contributed by atoms with Crippen molar-refractivity contribution in [2.75, 3.05) is 5.32 Å². The van der Waals surface area contributed by atoms with Gasteiger partial charge in [-0.3, -0.25) is 4.79 Å². The Labute approximate surface area is 139 Å². The van der Waals surface area contributed by atoms with Gasteiger partial charge in [-0.1, -0.05) is 48.0 Å². The average Bonchev–Trinajstić information content (AvgIpc) is 2.56. The number of carbonyl (C=O) groups is 1. The Morgan fingerprint density at radius 3 is 2.30 bits per heavy atom. The first kappa shape index (κ1) is 17.1. The van der Waals surface area contributed by atoms with Crippen molar-refractivity contribution in [3.05, 3.63) is 65.7 Å². The van der Waals surface area contributed by atoms with Crippen LogP contribution in [0.25, 0.3) is 0 Å². The van der Waals surface area contributed by atoms with Gasteiger partial charge in [-0.15, -0.1) is 0 Å². The number of rotatable bonds is 7. The third-order valence-electron chi connectivity index (χ3n) is 3.93. The molecule has 0 unspecified atom stereocenters. The molecule has 23 heavy (non-hydrogen) atoms. The third-order valence-corrected chi connectivity index (χ3v) is 3.93. The minimum atomic E-state index is -0.253. The Bertz CT molecular complexity index is 607. The highest BCUT2D eigenvalue weighted by Gasteiger charge is 2.15. The number of aryl methyl sites for hydroxylation is 2. The summed E-state index contributed by atoms with van der Waals surface area (Å²) < 4.78 is 0. The van der Waals surface area contributed by atoms with Gasteiger partial charge in [-0.25, -0.2) is 0 Å². The van der Waals surface area contributed by atoms with Crippen LogP contribution >= 0.6 is 0 Å². The lowest BCUT2D eigenvalue weighted by Gasteiger charge is -2.19. The molecule has 0 fully saturated rings. The van der Waals surface area contributed by atoms with Gasteiger partial charge in [-0.05, 0) is 51.3 Å². The molecule has 3 nitrogen and oxygen atoms in total. The van der Waals surface area contributed by atoms with E-state index in [1.807, 2.05) is 56.3 Å². The molecule has 0 saturated carbocycles. The van der Waals surface area contributed by atoms with E-state index in [-0.39, 0.29) is 18.0 Å². The number of nitrogens with one attached hydrogen (secondary N) is 2. The summed E-state index contributed by atoms with van der Waals surface area (Å²) in [5.41, 5.74) is 3.48. The van der Waals surface area contributed by atoms with Gasteiger partial charge in [0.25, 0.3) is 0 Å². The molecule has 0 saturated heterocycles. The second-order valence-corrected chi connectivity index (χ2v) is 6.17. The number of anilines is 1. The Morgan fingerprint density at radius 2 is 1.65 bits per heavy atom. The molecular formula is C20H26N2O. The molecule has 2 aromatic rings. The lowest BCUT2D eigenvalue weighted by Crippen LogP contribution is -2.42. The quantitative estimate of drug-likeness (QED) is 0.813. The average molecular weight is 310 g/mol. The van der Waals surface area contributed by atoms with Crippen molar-refractivity contribution in [3.63, 3.8) is 0 Å². The number of hydrogen-bond acceptors (Lipinski definition) is 2. The topological polar surface area (TPSA) is 41.1 Å². The molecule has 0 heterocycles. The van der Waals surface area contributed by atoms with Crippen molar-refractivity contribution in [3.8, 4) is 0 Å². The predicted molar refractivity (Wildman–Crippen MR) is 96.6 cm³/mol. The summed E-state index contributed by atoms with van der Waals surface area (Å²) >= 11 is 0. The van der Waals surface area contributed by atoms with E-state index < -0.39 is 0 Å². The summed E-state index contributed by atoms with van der Waals surface area (Å²) in [5, 5.41) is 6.32. The van der Waals surface area contributed by atoms with Gasteiger partial charge in [0.1, 0.15) is 6.04 Å². The molecule has 0 aliphatic carbocycles. The molecule has 2 rings (SSSR count). The summed E-state index contributed by atoms with van der Waals surface area (Å²) in [6.45, 7) is 5.99. The van der Waals surface area contributed by atoms with Gasteiger partial charge >= 0.3 is 0 Å². The number of carbonyl (C=O) groups excluding carboxylic acids is 1. The molecule has 0 spiro atoms. The van der Waals surface area contributed by atoms with Crippen molar-refractivity contribution in [2.45, 2.75) is 45.7 Å². The van der Waals surface area contributed by atoms with Gasteiger partial charge in [-0.2, -0.15) is 0 Å². The first-order valence-corrected chi connectivity index (χ1v) is 8.22. The summed E-state index contributed by atoms with van der Waals surface area (Å²) in [5.74, 6) is 0.0335. The molecule has 0 aromatic heterocycles. The fraction of sp³-hybridized carbons (Fsp3) is 0.350. The highest BCUT2D eigenvalue weighted by Crippen LogP contribution is 2.10. The van der Waals surface area contributed by atoms with Crippen LogP contribution in [0.2, 0.25) is 0 Å². The first-order chi connectivity index (χ1) is 11.0. The highest BCUT2D eigenvalue weighted by atomic mass is 16.2. The van der Waals surface area contributed by atoms with Crippen molar-refractivity contribution in [2.24, 2.45) is 0 Å². The lowest BCUT2D eigenvalue weighted by atomic mass is 10.1. The van der Waals surface area contributed by atoms with Crippen molar-refractivity contribution in [1.82, 2.24) is 5.32 Å². The van der Waals surface area contributed by atoms with Crippen LogP contribution in [0, 0.1) is 6.92 Å². The zero-order valence-corrected chi connectivity index (χ0v) is 14.2. The number of hydrogen-bond donors (Lipinski definition) is 2. The maximum atomic E-state index is 12.3. The molecule has 0 aliphatic rings. The first-order valence-electron chi connectivity index (χ1n) is 8.22. The second-order valence-electron chi connectivity index (χ2n) is 6.17. The van der Waals surface area contributed by atoms with Crippen molar-refractivity contribution < 1.29 is 4.79 Å². The van der Waals surface area contributed by atoms with Crippen molar-refractivity contribution >= 4 is 11.6 Å². The smallest absolute Gasteiger partial charge is 0.242 e. The van der Waals surface area contributed by atoms with Gasteiger partial charge in [0.05, 0.1) is 0 Å². The molecule has 0 aliphatic heterocycles. The van der Waals surface area contributed by atoms with Crippen LogP contribution in [-0.4, -0.2) is 18.0 Å². The zero-order valence-electron chi connectivity index (χ0n) is 14.2. The van der Waals surface area contributed by atoms with E-state index in [2.05, 4.69) is 29.7 Å². The summed E-state index contributed by atoms with van der Waals surface area (Å²) in [6.07, 6.45) is 1.91. The second kappa shape index (κ2) is 8.37. The standard InChI is InChI=1S/C20H26N2O/c1-15-9-13-19(14-10-15)22-17(3)20(23)21-16(2)11-12-18-7-5-4-6-8-18/h4-10,13-14,16-17,22H,11-12H2,1-3H3,(H,21,23)/t16-,17-/m1/s1. The molecule has 0 radical (unpaired) electrons. The van der Waals surface area contributed by atoms with E-state index in [0.29, 0.717) is 0 Å². The SMILES string of the molecule is Cc1ccc(N[C@H](C)C(=O)N[C@H](C)CCc2ccccc2)cc1.